The summed E-state index contributed by atoms with van der Waals surface area (Å²) in [6.45, 7) is 0. The minimum atomic E-state index is -2.95. The molecule has 0 atom stereocenters. The summed E-state index contributed by atoms with van der Waals surface area (Å²) in [5, 5.41) is 8.40. The van der Waals surface area contributed by atoms with Crippen molar-refractivity contribution >= 4 is 21.9 Å². The third kappa shape index (κ3) is 2.72. The molecule has 0 bridgehead atoms. The molecule has 1 heterocycles. The van der Waals surface area contributed by atoms with Gasteiger partial charge in [-0.3, -0.25) is 9.78 Å². The molecule has 0 aliphatic rings. The Bertz CT molecular complexity index is 412. The zero-order chi connectivity index (χ0) is 12.3. The van der Waals surface area contributed by atoms with E-state index in [1.807, 2.05) is 0 Å². The molecule has 0 aromatic carbocycles. The van der Waals surface area contributed by atoms with E-state index in [9.17, 15) is 18.0 Å². The molecule has 0 spiro atoms. The lowest BCUT2D eigenvalue weighted by atomic mass is 10.1. The molecule has 0 aliphatic heterocycles. The van der Waals surface area contributed by atoms with Gasteiger partial charge in [0.05, 0.1) is 18.3 Å². The number of alkyl halides is 3. The molecule has 1 N–H and O–H groups in total. The molecule has 7 heteroatoms. The normalized spacial score (nSPS) is 10.8. The third-order valence-electron chi connectivity index (χ3n) is 1.93. The molecule has 0 amide bonds. The van der Waals surface area contributed by atoms with E-state index in [0.29, 0.717) is 0 Å². The second kappa shape index (κ2) is 5.29. The van der Waals surface area contributed by atoms with Crippen LogP contribution in [-0.2, 0) is 16.5 Å². The van der Waals surface area contributed by atoms with E-state index in [4.69, 9.17) is 5.11 Å². The first-order valence-corrected chi connectivity index (χ1v) is 5.31. The van der Waals surface area contributed by atoms with Crippen molar-refractivity contribution in [1.29, 1.82) is 0 Å². The van der Waals surface area contributed by atoms with E-state index in [0.717, 1.165) is 6.20 Å². The Hall–Kier alpha value is -1.11. The van der Waals surface area contributed by atoms with Gasteiger partial charge in [0.25, 0.3) is 6.43 Å². The van der Waals surface area contributed by atoms with Crippen LogP contribution < -0.4 is 0 Å². The molecule has 1 aromatic heterocycles. The summed E-state index contributed by atoms with van der Waals surface area (Å²) in [5.74, 6) is -2.16. The summed E-state index contributed by atoms with van der Waals surface area (Å²) in [5.41, 5.74) is -1.20. The van der Waals surface area contributed by atoms with Crippen molar-refractivity contribution in [3.05, 3.63) is 28.8 Å². The van der Waals surface area contributed by atoms with Gasteiger partial charge in [0.15, 0.2) is 0 Å². The van der Waals surface area contributed by atoms with Gasteiger partial charge >= 0.3 is 5.97 Å². The van der Waals surface area contributed by atoms with Gasteiger partial charge in [-0.25, -0.2) is 13.2 Å². The van der Waals surface area contributed by atoms with Crippen LogP contribution in [0.2, 0.25) is 0 Å². The van der Waals surface area contributed by atoms with E-state index in [2.05, 4.69) is 20.9 Å². The summed E-state index contributed by atoms with van der Waals surface area (Å²) in [7, 11) is 0. The molecule has 16 heavy (non-hydrogen) atoms. The van der Waals surface area contributed by atoms with Crippen LogP contribution in [0.15, 0.2) is 6.20 Å². The minimum Gasteiger partial charge on any atom is -0.481 e. The monoisotopic (exact) mass is 297 g/mol. The summed E-state index contributed by atoms with van der Waals surface area (Å²) in [6.07, 6.45) is -2.86. The minimum absolute atomic E-state index is 0.117. The lowest BCUT2D eigenvalue weighted by Gasteiger charge is -2.11. The number of aromatic nitrogens is 1. The molecular weight excluding hydrogens is 291 g/mol. The molecule has 0 radical (unpaired) electrons. The number of aliphatic carboxylic acids is 1. The molecule has 1 aromatic rings. The summed E-state index contributed by atoms with van der Waals surface area (Å²) >= 11 is 2.88. The Kier molecular flexibility index (Phi) is 4.28. The molecule has 0 saturated carbocycles. The topological polar surface area (TPSA) is 50.2 Å². The Labute approximate surface area is 97.4 Å². The van der Waals surface area contributed by atoms with E-state index in [-0.39, 0.29) is 16.6 Å². The zero-order valence-corrected chi connectivity index (χ0v) is 9.47. The van der Waals surface area contributed by atoms with Gasteiger partial charge in [-0.2, -0.15) is 0 Å². The van der Waals surface area contributed by atoms with Crippen molar-refractivity contribution < 1.29 is 23.1 Å². The van der Waals surface area contributed by atoms with Gasteiger partial charge < -0.3 is 5.11 Å². The van der Waals surface area contributed by atoms with Crippen LogP contribution in [0, 0.1) is 5.82 Å². The van der Waals surface area contributed by atoms with Gasteiger partial charge in [0, 0.05) is 16.5 Å². The van der Waals surface area contributed by atoms with Crippen molar-refractivity contribution in [2.45, 2.75) is 18.2 Å². The highest BCUT2D eigenvalue weighted by Crippen LogP contribution is 2.29. The number of halogens is 4. The molecule has 3 nitrogen and oxygen atoms in total. The molecule has 0 unspecified atom stereocenters. The highest BCUT2D eigenvalue weighted by molar-refractivity contribution is 9.08. The van der Waals surface area contributed by atoms with Crippen LogP contribution in [0.1, 0.15) is 23.2 Å². The largest absolute Gasteiger partial charge is 0.481 e. The Balaban J connectivity index is 3.32. The maximum atomic E-state index is 13.2. The van der Waals surface area contributed by atoms with Crippen molar-refractivity contribution in [2.75, 3.05) is 0 Å². The first kappa shape index (κ1) is 13.0. The van der Waals surface area contributed by atoms with Gasteiger partial charge in [-0.1, -0.05) is 15.9 Å². The lowest BCUT2D eigenvalue weighted by molar-refractivity contribution is -0.136. The average molecular weight is 298 g/mol. The predicted octanol–water partition coefficient (Wildman–Crippen LogP) is 2.68. The highest BCUT2D eigenvalue weighted by atomic mass is 79.9. The standard InChI is InChI=1S/C9H7BrF3NO2/c10-2-4-5(11)3-14-6(1-7(15)16)8(4)9(12)13/h3,9H,1-2H2,(H,15,16). The van der Waals surface area contributed by atoms with Crippen molar-refractivity contribution in [2.24, 2.45) is 0 Å². The van der Waals surface area contributed by atoms with Crippen molar-refractivity contribution in [1.82, 2.24) is 4.98 Å². The number of carboxylic acid groups (broad SMARTS) is 1. The predicted molar refractivity (Wildman–Crippen MR) is 53.1 cm³/mol. The number of carboxylic acids is 1. The molecule has 0 aliphatic carbocycles. The van der Waals surface area contributed by atoms with Crippen LogP contribution in [-0.4, -0.2) is 16.1 Å². The SMILES string of the molecule is O=C(O)Cc1ncc(F)c(CBr)c1C(F)F. The smallest absolute Gasteiger partial charge is 0.309 e. The second-order valence-corrected chi connectivity index (χ2v) is 3.51. The van der Waals surface area contributed by atoms with Gasteiger partial charge in [0.2, 0.25) is 0 Å². The Morgan fingerprint density at radius 1 is 1.56 bits per heavy atom. The van der Waals surface area contributed by atoms with E-state index >= 15 is 0 Å². The Morgan fingerprint density at radius 3 is 2.62 bits per heavy atom. The van der Waals surface area contributed by atoms with Crippen LogP contribution in [0.5, 0.6) is 0 Å². The molecule has 1 rings (SSSR count). The quantitative estimate of drug-likeness (QED) is 0.869. The van der Waals surface area contributed by atoms with Crippen LogP contribution in [0.3, 0.4) is 0 Å². The van der Waals surface area contributed by atoms with E-state index in [1.165, 1.54) is 0 Å². The van der Waals surface area contributed by atoms with Crippen LogP contribution in [0.4, 0.5) is 13.2 Å². The maximum Gasteiger partial charge on any atom is 0.309 e. The van der Waals surface area contributed by atoms with E-state index < -0.39 is 30.2 Å². The maximum absolute atomic E-state index is 13.2. The molecule has 0 fully saturated rings. The van der Waals surface area contributed by atoms with Gasteiger partial charge in [-0.05, 0) is 0 Å². The molecule has 0 saturated heterocycles. The lowest BCUT2D eigenvalue weighted by Crippen LogP contribution is -2.10. The fraction of sp³-hybridized carbons (Fsp3) is 0.333. The summed E-state index contributed by atoms with van der Waals surface area (Å²) in [6, 6.07) is 0. The number of hydrogen-bond donors (Lipinski definition) is 1. The van der Waals surface area contributed by atoms with Crippen molar-refractivity contribution in [3.8, 4) is 0 Å². The van der Waals surface area contributed by atoms with Gasteiger partial charge in [0.1, 0.15) is 5.82 Å². The van der Waals surface area contributed by atoms with Crippen LogP contribution >= 0.6 is 15.9 Å². The number of rotatable bonds is 4. The average Bonchev–Trinajstić information content (AvgIpc) is 2.18. The summed E-state index contributed by atoms with van der Waals surface area (Å²) in [4.78, 5) is 13.8. The second-order valence-electron chi connectivity index (χ2n) is 2.95. The number of carbonyl (C=O) groups is 1. The number of hydrogen-bond acceptors (Lipinski definition) is 2. The fourth-order valence-corrected chi connectivity index (χ4v) is 1.83. The number of nitrogens with zero attached hydrogens (tertiary/aromatic N) is 1. The zero-order valence-electron chi connectivity index (χ0n) is 7.88. The molecular formula is C9H7BrF3NO2. The fourth-order valence-electron chi connectivity index (χ4n) is 1.26. The van der Waals surface area contributed by atoms with E-state index in [1.54, 1.807) is 0 Å². The third-order valence-corrected chi connectivity index (χ3v) is 2.49. The molecule has 88 valence electrons. The highest BCUT2D eigenvalue weighted by Gasteiger charge is 2.22. The van der Waals surface area contributed by atoms with Crippen LogP contribution in [0.25, 0.3) is 0 Å². The Morgan fingerprint density at radius 2 is 2.19 bits per heavy atom. The first-order valence-electron chi connectivity index (χ1n) is 4.19. The van der Waals surface area contributed by atoms with Crippen molar-refractivity contribution in [3.63, 3.8) is 0 Å². The number of pyridine rings is 1. The summed E-state index contributed by atoms with van der Waals surface area (Å²) < 4.78 is 38.5. The first-order chi connectivity index (χ1) is 7.47. The van der Waals surface area contributed by atoms with Gasteiger partial charge in [-0.15, -0.1) is 0 Å².